The average molecular weight is 1320 g/mol. The van der Waals surface area contributed by atoms with Crippen LogP contribution in [0.25, 0.3) is 21.1 Å². The number of rotatable bonds is 18. The van der Waals surface area contributed by atoms with Gasteiger partial charge in [0.1, 0.15) is 22.8 Å². The van der Waals surface area contributed by atoms with Gasteiger partial charge in [-0.1, -0.05) is 130 Å². The Morgan fingerprint density at radius 2 is 1.02 bits per heavy atom. The molecule has 0 saturated heterocycles. The number of phenolic OH excluding ortho intramolecular Hbond substituents is 1. The van der Waals surface area contributed by atoms with Crippen molar-refractivity contribution in [3.63, 3.8) is 0 Å². The summed E-state index contributed by atoms with van der Waals surface area (Å²) in [4.78, 5) is 62.3. The van der Waals surface area contributed by atoms with Crippen LogP contribution in [0.5, 0.6) is 17.2 Å². The van der Waals surface area contributed by atoms with Crippen LogP contribution in [0.3, 0.4) is 0 Å². The molecule has 494 valence electrons. The second-order valence-corrected chi connectivity index (χ2v) is 29.7. The van der Waals surface area contributed by atoms with Crippen LogP contribution in [0.2, 0.25) is 0 Å². The fourth-order valence-electron chi connectivity index (χ4n) is 8.48. The molecule has 19 heteroatoms. The zero-order valence-corrected chi connectivity index (χ0v) is 57.5. The molecule has 0 saturated carbocycles. The monoisotopic (exact) mass is 1320 g/mol. The lowest BCUT2D eigenvalue weighted by atomic mass is 9.84. The lowest BCUT2D eigenvalue weighted by molar-refractivity contribution is -0.170. The molecule has 1 aliphatic rings. The molecule has 2 atom stereocenters. The molecule has 1 aliphatic carbocycles. The van der Waals surface area contributed by atoms with Crippen LogP contribution in [0.15, 0.2) is 194 Å². The van der Waals surface area contributed by atoms with Crippen LogP contribution in [-0.2, 0) is 56.1 Å². The fourth-order valence-corrected chi connectivity index (χ4v) is 11.7. The van der Waals surface area contributed by atoms with Gasteiger partial charge in [-0.25, -0.2) is 13.2 Å². The topological polar surface area (TPSA) is 213 Å². The van der Waals surface area contributed by atoms with Gasteiger partial charge in [0.25, 0.3) is 0 Å². The molecule has 1 heterocycles. The molecular weight excluding hydrogens is 1230 g/mol. The highest BCUT2D eigenvalue weighted by Crippen LogP contribution is 2.46. The Balaban J connectivity index is 0.000000210. The molecule has 0 amide bonds. The van der Waals surface area contributed by atoms with Crippen molar-refractivity contribution in [1.29, 1.82) is 0 Å². The van der Waals surface area contributed by atoms with Gasteiger partial charge in [0, 0.05) is 12.0 Å². The highest BCUT2D eigenvalue weighted by atomic mass is 32.2. The predicted molar refractivity (Wildman–Crippen MR) is 358 cm³/mol. The Morgan fingerprint density at radius 3 is 1.48 bits per heavy atom. The number of benzene rings is 7. The first kappa shape index (κ1) is 75.0. The van der Waals surface area contributed by atoms with Crippen LogP contribution in [0.1, 0.15) is 147 Å². The highest BCUT2D eigenvalue weighted by molar-refractivity contribution is 7.97. The van der Waals surface area contributed by atoms with Crippen molar-refractivity contribution >= 4 is 77.3 Å². The Morgan fingerprint density at radius 1 is 0.598 bits per heavy atom. The fraction of sp³-hybridized carbons (Fsp3) is 0.384. The normalized spacial score (nSPS) is 13.5. The summed E-state index contributed by atoms with van der Waals surface area (Å²) in [7, 11) is -5.87. The number of alkyl halides is 2. The first-order chi connectivity index (χ1) is 42.9. The maximum atomic E-state index is 13.0. The largest absolute Gasteiger partial charge is 0.743 e. The van der Waals surface area contributed by atoms with Gasteiger partial charge >= 0.3 is 34.1 Å². The summed E-state index contributed by atoms with van der Waals surface area (Å²) >= 11 is 1.03. The number of esters is 4. The molecule has 7 aromatic carbocycles. The van der Waals surface area contributed by atoms with Gasteiger partial charge in [0.15, 0.2) is 36.5 Å². The number of carbonyl (C=O) groups excluding carboxylic acids is 4. The number of hydrogen-bond acceptors (Lipinski definition) is 15. The summed E-state index contributed by atoms with van der Waals surface area (Å²) in [5.41, 5.74) is 0.155. The van der Waals surface area contributed by atoms with Crippen molar-refractivity contribution in [1.82, 2.24) is 0 Å². The molecule has 1 N–H and O–H groups in total. The van der Waals surface area contributed by atoms with E-state index in [4.69, 9.17) is 23.7 Å². The van der Waals surface area contributed by atoms with Crippen LogP contribution >= 0.6 is 11.3 Å². The quantitative estimate of drug-likeness (QED) is 0.0366. The third kappa shape index (κ3) is 19.9. The molecule has 92 heavy (non-hydrogen) atoms. The van der Waals surface area contributed by atoms with E-state index in [1.54, 1.807) is 37.3 Å². The van der Waals surface area contributed by atoms with Gasteiger partial charge in [-0.15, -0.1) is 0 Å². The number of carbonyl (C=O) groups is 4. The summed E-state index contributed by atoms with van der Waals surface area (Å²) in [6.07, 6.45) is 1.15. The number of halogens is 2. The van der Waals surface area contributed by atoms with Crippen LogP contribution in [-0.4, -0.2) is 58.9 Å². The van der Waals surface area contributed by atoms with Crippen LogP contribution in [0.4, 0.5) is 8.78 Å². The number of fused-ring (bicyclic) bond motifs is 1. The lowest BCUT2D eigenvalue weighted by Crippen LogP contribution is -2.44. The third-order valence-corrected chi connectivity index (χ3v) is 20.4. The van der Waals surface area contributed by atoms with Crippen molar-refractivity contribution in [3.8, 4) is 17.2 Å². The zero-order valence-electron chi connectivity index (χ0n) is 55.1. The molecule has 0 aliphatic heterocycles. The van der Waals surface area contributed by atoms with Crippen molar-refractivity contribution < 1.29 is 69.4 Å². The minimum Gasteiger partial charge on any atom is -0.743 e. The molecule has 8 aromatic rings. The summed E-state index contributed by atoms with van der Waals surface area (Å²) < 4.78 is 83.4. The van der Waals surface area contributed by atoms with Gasteiger partial charge in [-0.05, 0) is 203 Å². The molecule has 0 fully saturated rings. The molecule has 0 radical (unpaired) electrons. The summed E-state index contributed by atoms with van der Waals surface area (Å²) in [5, 5.41) is 7.05. The second kappa shape index (κ2) is 31.7. The zero-order chi connectivity index (χ0) is 68.6. The van der Waals surface area contributed by atoms with E-state index < -0.39 is 54.7 Å². The maximum Gasteiger partial charge on any atom is 0.396 e. The summed E-state index contributed by atoms with van der Waals surface area (Å²) in [6.45, 7) is 26.5. The highest BCUT2D eigenvalue weighted by Gasteiger charge is 2.48. The van der Waals surface area contributed by atoms with Gasteiger partial charge in [-0.3, -0.25) is 19.2 Å². The standard InChI is InChI=1S/C21H26O2.C18H15S.C13H14O4S.C12H16O3.C9H16F2O5S/c1-6-20(2,3)19(22)23-21(4,5)17-13-15-11-7-9-14-10-8-12-16(17)18(14)15;1-4-10-16(11-5-1)19(17-12-6-2-7-13-17)18-14-8-3-9-15-18;1-4-13(2,3)11(14)16-8-5-6-10-9(7-8)17-12(15)18-10;1-4-12(2,3)11(14)15-10-7-5-9(13)6-8-10;1-5-8(3,4)7(12)16-6(2)9(10,11)17(13,14)15/h7-12,17H,6,13H2,1-5H3;1-15H;5-7H,4H2,1-3H3;5-8,13H,4H2,1-3H3;6H,5H2,1-4H3,(H,13,14,15)/q;+1;;;/p-1. The Kier molecular flexibility index (Phi) is 25.9. The molecule has 9 rings (SSSR count). The van der Waals surface area contributed by atoms with Crippen LogP contribution < -0.4 is 14.4 Å². The van der Waals surface area contributed by atoms with Gasteiger partial charge in [0.05, 0.1) is 37.3 Å². The first-order valence-corrected chi connectivity index (χ1v) is 33.8. The lowest BCUT2D eigenvalue weighted by Gasteiger charge is -2.35. The second-order valence-electron chi connectivity index (χ2n) is 25.2. The van der Waals surface area contributed by atoms with E-state index in [1.165, 1.54) is 62.6 Å². The van der Waals surface area contributed by atoms with E-state index in [0.717, 1.165) is 35.3 Å². The van der Waals surface area contributed by atoms with Gasteiger partial charge in [-0.2, -0.15) is 8.78 Å². The molecule has 14 nitrogen and oxygen atoms in total. The van der Waals surface area contributed by atoms with E-state index in [1.807, 2.05) is 76.2 Å². The van der Waals surface area contributed by atoms with Crippen LogP contribution in [0, 0.1) is 21.7 Å². The number of ether oxygens (including phenoxy) is 4. The molecule has 1 aromatic heterocycles. The average Bonchev–Trinajstić information content (AvgIpc) is 1.59. The minimum atomic E-state index is -5.86. The van der Waals surface area contributed by atoms with Crippen molar-refractivity contribution in [2.24, 2.45) is 21.7 Å². The van der Waals surface area contributed by atoms with Crippen molar-refractivity contribution in [2.75, 3.05) is 0 Å². The third-order valence-electron chi connectivity index (χ3n) is 16.4. The minimum absolute atomic E-state index is 0.0146. The Labute approximate surface area is 546 Å². The SMILES string of the molecule is CCC(C)(C)C(=O)OC(C)(C)C1Cc2cccc3cccc1c23.CCC(C)(C)C(=O)OC(C)C(F)(F)S(=O)(=O)[O-].CCC(C)(C)C(=O)Oc1ccc(O)cc1.CCC(C)(C)C(=O)Oc1ccc2sc(=O)oc2c1.c1ccc([S+](c2ccccc2)c2ccccc2)cc1. The maximum absolute atomic E-state index is 13.0. The van der Waals surface area contributed by atoms with E-state index in [0.29, 0.717) is 36.8 Å². The number of phenols is 1. The van der Waals surface area contributed by atoms with E-state index in [2.05, 4.69) is 132 Å². The van der Waals surface area contributed by atoms with E-state index in [-0.39, 0.29) is 45.4 Å². The van der Waals surface area contributed by atoms with Crippen molar-refractivity contribution in [2.45, 2.75) is 174 Å². The van der Waals surface area contributed by atoms with Gasteiger partial charge < -0.3 is 33.0 Å². The predicted octanol–water partition coefficient (Wildman–Crippen LogP) is 17.4. The first-order valence-electron chi connectivity index (χ1n) is 30.4. The molecule has 0 bridgehead atoms. The Bertz CT molecular complexity index is 3820. The smallest absolute Gasteiger partial charge is 0.396 e. The van der Waals surface area contributed by atoms with Crippen molar-refractivity contribution in [3.05, 3.63) is 191 Å². The summed E-state index contributed by atoms with van der Waals surface area (Å²) in [6, 6.07) is 56.1. The number of hydrogen-bond donors (Lipinski definition) is 1. The molecule has 0 spiro atoms. The molecular formula is C73H86F2O14S3. The van der Waals surface area contributed by atoms with Gasteiger partial charge in [0.2, 0.25) is 0 Å². The Hall–Kier alpha value is -7.71. The van der Waals surface area contributed by atoms with E-state index in [9.17, 15) is 45.7 Å². The molecule has 2 unspecified atom stereocenters. The number of aromatic hydroxyl groups is 1. The summed E-state index contributed by atoms with van der Waals surface area (Å²) in [5.74, 6) is -0.402. The van der Waals surface area contributed by atoms with E-state index >= 15 is 0 Å².